The molecule has 0 unspecified atom stereocenters. The summed E-state index contributed by atoms with van der Waals surface area (Å²) in [6.07, 6.45) is 4.42. The van der Waals surface area contributed by atoms with Crippen molar-refractivity contribution < 1.29 is 9.26 Å². The lowest BCUT2D eigenvalue weighted by molar-refractivity contribution is 0.310. The number of ether oxygens (including phenoxy) is 1. The molecule has 0 saturated carbocycles. The van der Waals surface area contributed by atoms with Gasteiger partial charge in [-0.15, -0.1) is 12.4 Å². The molecule has 2 aromatic carbocycles. The van der Waals surface area contributed by atoms with Gasteiger partial charge in [-0.05, 0) is 54.8 Å². The lowest BCUT2D eigenvalue weighted by atomic mass is 10.1. The van der Waals surface area contributed by atoms with E-state index < -0.39 is 0 Å². The smallest absolute Gasteiger partial charge is 0.244 e. The molecular formula is C20H24ClN3O2. The molecule has 1 N–H and O–H groups in total. The van der Waals surface area contributed by atoms with E-state index in [1.165, 1.54) is 0 Å². The van der Waals surface area contributed by atoms with Gasteiger partial charge < -0.3 is 14.6 Å². The van der Waals surface area contributed by atoms with Gasteiger partial charge in [-0.3, -0.25) is 0 Å². The number of nitrogens with zero attached hydrogens (tertiary/aromatic N) is 2. The van der Waals surface area contributed by atoms with E-state index in [0.717, 1.165) is 60.9 Å². The van der Waals surface area contributed by atoms with Crippen molar-refractivity contribution in [1.29, 1.82) is 0 Å². The van der Waals surface area contributed by atoms with Crippen LogP contribution in [0.5, 0.6) is 5.75 Å². The van der Waals surface area contributed by atoms with Crippen LogP contribution in [0.2, 0.25) is 0 Å². The van der Waals surface area contributed by atoms with Crippen LogP contribution in [0.3, 0.4) is 0 Å². The molecule has 0 spiro atoms. The Morgan fingerprint density at radius 2 is 2.04 bits per heavy atom. The van der Waals surface area contributed by atoms with Crippen LogP contribution in [0.1, 0.15) is 44.5 Å². The van der Waals surface area contributed by atoms with Crippen LogP contribution in [0, 0.1) is 0 Å². The van der Waals surface area contributed by atoms with Crippen LogP contribution in [0.4, 0.5) is 0 Å². The summed E-state index contributed by atoms with van der Waals surface area (Å²) in [5.74, 6) is 2.25. The average Bonchev–Trinajstić information content (AvgIpc) is 3.33. The van der Waals surface area contributed by atoms with Crippen molar-refractivity contribution >= 4 is 23.2 Å². The molecule has 0 aliphatic carbocycles. The van der Waals surface area contributed by atoms with Gasteiger partial charge in [-0.2, -0.15) is 4.98 Å². The van der Waals surface area contributed by atoms with Gasteiger partial charge in [0.05, 0.1) is 12.6 Å². The van der Waals surface area contributed by atoms with Crippen LogP contribution in [-0.4, -0.2) is 23.3 Å². The van der Waals surface area contributed by atoms with E-state index in [2.05, 4.69) is 46.6 Å². The molecule has 26 heavy (non-hydrogen) atoms. The van der Waals surface area contributed by atoms with Gasteiger partial charge in [0.2, 0.25) is 11.7 Å². The second kappa shape index (κ2) is 8.52. The predicted octanol–water partition coefficient (Wildman–Crippen LogP) is 4.92. The van der Waals surface area contributed by atoms with Crippen molar-refractivity contribution in [1.82, 2.24) is 15.5 Å². The Bertz CT molecular complexity index is 859. The highest BCUT2D eigenvalue weighted by molar-refractivity contribution is 5.87. The Morgan fingerprint density at radius 3 is 2.85 bits per heavy atom. The fourth-order valence-corrected chi connectivity index (χ4v) is 3.18. The number of fused-ring (bicyclic) bond motifs is 1. The Labute approximate surface area is 159 Å². The average molecular weight is 374 g/mol. The Morgan fingerprint density at radius 1 is 1.19 bits per heavy atom. The summed E-state index contributed by atoms with van der Waals surface area (Å²) in [6.45, 7) is 3.94. The molecule has 3 aromatic rings. The largest absolute Gasteiger partial charge is 0.494 e. The van der Waals surface area contributed by atoms with Crippen molar-refractivity contribution in [2.75, 3.05) is 13.2 Å². The first-order valence-corrected chi connectivity index (χ1v) is 9.07. The summed E-state index contributed by atoms with van der Waals surface area (Å²) in [7, 11) is 0. The standard InChI is InChI=1S/C20H23N3O2.ClH/c1-2-3-11-24-17-9-8-14-12-16(7-6-15(14)13-17)19-22-20(25-23-19)18-5-4-10-21-18;/h6-9,12-13,18,21H,2-5,10-11H2,1H3;1H/t18-;/m0./s1. The van der Waals surface area contributed by atoms with Crippen LogP contribution < -0.4 is 10.1 Å². The van der Waals surface area contributed by atoms with Gasteiger partial charge in [0.1, 0.15) is 5.75 Å². The van der Waals surface area contributed by atoms with Gasteiger partial charge in [0.15, 0.2) is 0 Å². The SMILES string of the molecule is CCCCOc1ccc2cc(-c3noc([C@@H]4CCCN4)n3)ccc2c1.Cl. The fraction of sp³-hybridized carbons (Fsp3) is 0.400. The first-order valence-electron chi connectivity index (χ1n) is 9.07. The fourth-order valence-electron chi connectivity index (χ4n) is 3.18. The molecule has 1 aliphatic heterocycles. The van der Waals surface area contributed by atoms with E-state index in [9.17, 15) is 0 Å². The van der Waals surface area contributed by atoms with Gasteiger partial charge >= 0.3 is 0 Å². The molecule has 0 amide bonds. The predicted molar refractivity (Wildman–Crippen MR) is 105 cm³/mol. The van der Waals surface area contributed by atoms with Crippen LogP contribution in [-0.2, 0) is 0 Å². The van der Waals surface area contributed by atoms with E-state index in [1.54, 1.807) is 0 Å². The number of unbranched alkanes of at least 4 members (excludes halogenated alkanes) is 1. The van der Waals surface area contributed by atoms with Gasteiger partial charge in [-0.1, -0.05) is 36.7 Å². The van der Waals surface area contributed by atoms with Gasteiger partial charge in [0.25, 0.3) is 0 Å². The zero-order valence-corrected chi connectivity index (χ0v) is 15.7. The third-order valence-corrected chi connectivity index (χ3v) is 4.64. The minimum atomic E-state index is 0. The van der Waals surface area contributed by atoms with Gasteiger partial charge in [-0.25, -0.2) is 0 Å². The number of nitrogens with one attached hydrogen (secondary N) is 1. The van der Waals surface area contributed by atoms with Crippen molar-refractivity contribution in [3.8, 4) is 17.1 Å². The molecule has 1 saturated heterocycles. The maximum atomic E-state index is 5.78. The third-order valence-electron chi connectivity index (χ3n) is 4.64. The molecule has 1 aromatic heterocycles. The number of benzene rings is 2. The van der Waals surface area contributed by atoms with Crippen molar-refractivity contribution in [3.05, 3.63) is 42.3 Å². The number of hydrogen-bond donors (Lipinski definition) is 1. The van der Waals surface area contributed by atoms with E-state index in [-0.39, 0.29) is 18.4 Å². The molecule has 138 valence electrons. The molecular weight excluding hydrogens is 350 g/mol. The second-order valence-corrected chi connectivity index (χ2v) is 6.53. The lowest BCUT2D eigenvalue weighted by Crippen LogP contribution is -2.12. The zero-order valence-electron chi connectivity index (χ0n) is 14.9. The van der Waals surface area contributed by atoms with Crippen molar-refractivity contribution in [2.45, 2.75) is 38.6 Å². The summed E-state index contributed by atoms with van der Waals surface area (Å²) in [5, 5.41) is 9.83. The normalized spacial score (nSPS) is 16.6. The summed E-state index contributed by atoms with van der Waals surface area (Å²) >= 11 is 0. The number of aromatic nitrogens is 2. The molecule has 0 bridgehead atoms. The number of hydrogen-bond acceptors (Lipinski definition) is 5. The molecule has 1 aliphatic rings. The minimum absolute atomic E-state index is 0. The van der Waals surface area contributed by atoms with Crippen LogP contribution >= 0.6 is 12.4 Å². The Hall–Kier alpha value is -2.11. The summed E-state index contributed by atoms with van der Waals surface area (Å²) in [6, 6.07) is 12.6. The first-order chi connectivity index (χ1) is 12.3. The summed E-state index contributed by atoms with van der Waals surface area (Å²) < 4.78 is 11.2. The van der Waals surface area contributed by atoms with Crippen molar-refractivity contribution in [3.63, 3.8) is 0 Å². The Kier molecular flexibility index (Phi) is 6.12. The molecule has 2 heterocycles. The van der Waals surface area contributed by atoms with E-state index >= 15 is 0 Å². The lowest BCUT2D eigenvalue weighted by Gasteiger charge is -2.07. The van der Waals surface area contributed by atoms with E-state index in [4.69, 9.17) is 9.26 Å². The third kappa shape index (κ3) is 4.00. The molecule has 0 radical (unpaired) electrons. The van der Waals surface area contributed by atoms with Crippen molar-refractivity contribution in [2.24, 2.45) is 0 Å². The first kappa shape index (κ1) is 18.7. The zero-order chi connectivity index (χ0) is 17.1. The van der Waals surface area contributed by atoms with Crippen LogP contribution in [0.15, 0.2) is 40.9 Å². The van der Waals surface area contributed by atoms with Crippen LogP contribution in [0.25, 0.3) is 22.2 Å². The number of halogens is 1. The van der Waals surface area contributed by atoms with Gasteiger partial charge in [0, 0.05) is 5.56 Å². The minimum Gasteiger partial charge on any atom is -0.494 e. The molecule has 1 fully saturated rings. The summed E-state index contributed by atoms with van der Waals surface area (Å²) in [4.78, 5) is 4.57. The maximum Gasteiger partial charge on any atom is 0.244 e. The quantitative estimate of drug-likeness (QED) is 0.622. The highest BCUT2D eigenvalue weighted by atomic mass is 35.5. The highest BCUT2D eigenvalue weighted by Crippen LogP contribution is 2.28. The molecule has 6 heteroatoms. The monoisotopic (exact) mass is 373 g/mol. The molecule has 1 atom stereocenters. The Balaban J connectivity index is 0.00000196. The molecule has 5 nitrogen and oxygen atoms in total. The molecule has 4 rings (SSSR count). The topological polar surface area (TPSA) is 60.2 Å². The maximum absolute atomic E-state index is 5.78. The second-order valence-electron chi connectivity index (χ2n) is 6.53. The van der Waals surface area contributed by atoms with E-state index in [0.29, 0.717) is 11.7 Å². The van der Waals surface area contributed by atoms with E-state index in [1.807, 2.05) is 12.1 Å². The summed E-state index contributed by atoms with van der Waals surface area (Å²) in [5.41, 5.74) is 0.972. The number of rotatable bonds is 6. The highest BCUT2D eigenvalue weighted by Gasteiger charge is 2.22.